The number of pyridine rings is 4. The Bertz CT molecular complexity index is 1690. The van der Waals surface area contributed by atoms with Crippen molar-refractivity contribution in [3.63, 3.8) is 0 Å². The lowest BCUT2D eigenvalue weighted by molar-refractivity contribution is -0.0378. The second-order valence-corrected chi connectivity index (χ2v) is 12.6. The van der Waals surface area contributed by atoms with Crippen LogP contribution in [0, 0.1) is 5.41 Å². The highest BCUT2D eigenvalue weighted by molar-refractivity contribution is 7.90. The Morgan fingerprint density at radius 1 is 1.02 bits per heavy atom. The number of anilines is 1. The van der Waals surface area contributed by atoms with Crippen molar-refractivity contribution < 1.29 is 17.9 Å². The number of carbonyl (C=O) groups excluding carboxylic acids is 1. The molecule has 1 saturated heterocycles. The number of fused-ring (bicyclic) bond motifs is 1. The van der Waals surface area contributed by atoms with Gasteiger partial charge in [-0.3, -0.25) is 14.8 Å². The van der Waals surface area contributed by atoms with Gasteiger partial charge in [0.1, 0.15) is 5.82 Å². The molecule has 11 heteroatoms. The van der Waals surface area contributed by atoms with Crippen molar-refractivity contribution in [2.75, 3.05) is 24.8 Å². The lowest BCUT2D eigenvalue weighted by Crippen LogP contribution is -2.52. The number of hydrogen-bond donors (Lipinski definition) is 2. The Morgan fingerprint density at radius 2 is 1.85 bits per heavy atom. The van der Waals surface area contributed by atoms with Crippen LogP contribution in [0.25, 0.3) is 22.3 Å². The highest BCUT2D eigenvalue weighted by Crippen LogP contribution is 2.49. The van der Waals surface area contributed by atoms with Crippen LogP contribution in [0.5, 0.6) is 0 Å². The van der Waals surface area contributed by atoms with Crippen molar-refractivity contribution in [2.45, 2.75) is 43.2 Å². The zero-order valence-electron chi connectivity index (χ0n) is 22.1. The first kappa shape index (κ1) is 26.3. The van der Waals surface area contributed by atoms with Gasteiger partial charge in [0, 0.05) is 49.5 Å². The van der Waals surface area contributed by atoms with Gasteiger partial charge in [-0.25, -0.2) is 18.4 Å². The van der Waals surface area contributed by atoms with Gasteiger partial charge in [-0.2, -0.15) is 0 Å². The number of aromatic nitrogens is 4. The molecule has 2 N–H and O–H groups in total. The minimum atomic E-state index is -3.47. The maximum atomic E-state index is 12.6. The number of rotatable bonds is 7. The van der Waals surface area contributed by atoms with E-state index in [1.807, 2.05) is 36.4 Å². The summed E-state index contributed by atoms with van der Waals surface area (Å²) >= 11 is 0. The van der Waals surface area contributed by atoms with Crippen LogP contribution >= 0.6 is 0 Å². The normalized spacial score (nSPS) is 18.3. The van der Waals surface area contributed by atoms with Crippen molar-refractivity contribution in [2.24, 2.45) is 5.41 Å². The number of hydrogen-bond acceptors (Lipinski definition) is 9. The van der Waals surface area contributed by atoms with Crippen molar-refractivity contribution in [3.8, 4) is 11.4 Å². The quantitative estimate of drug-likeness (QED) is 0.347. The molecule has 4 aromatic heterocycles. The summed E-state index contributed by atoms with van der Waals surface area (Å²) in [6.45, 7) is 1.82. The molecular weight excluding hydrogens is 528 g/mol. The fourth-order valence-electron chi connectivity index (χ4n) is 5.45. The molecule has 1 aliphatic heterocycles. The summed E-state index contributed by atoms with van der Waals surface area (Å²) in [6.07, 6.45) is 9.91. The van der Waals surface area contributed by atoms with Gasteiger partial charge in [0.05, 0.1) is 39.6 Å². The molecule has 0 radical (unpaired) electrons. The van der Waals surface area contributed by atoms with E-state index in [1.165, 1.54) is 24.9 Å². The Kier molecular flexibility index (Phi) is 6.93. The molecule has 0 aromatic carbocycles. The monoisotopic (exact) mass is 558 g/mol. The third-order valence-electron chi connectivity index (χ3n) is 7.96. The van der Waals surface area contributed by atoms with E-state index in [2.05, 4.69) is 20.6 Å². The number of ether oxygens (including phenoxy) is 1. The Morgan fingerprint density at radius 3 is 2.62 bits per heavy atom. The van der Waals surface area contributed by atoms with Crippen molar-refractivity contribution >= 4 is 32.5 Å². The molecule has 1 amide bonds. The Labute approximate surface area is 232 Å². The average Bonchev–Trinajstić information content (AvgIpc) is 2.98. The van der Waals surface area contributed by atoms with Crippen LogP contribution in [0.15, 0.2) is 66.0 Å². The highest BCUT2D eigenvalue weighted by atomic mass is 32.2. The average molecular weight is 559 g/mol. The third-order valence-corrected chi connectivity index (χ3v) is 9.04. The van der Waals surface area contributed by atoms with Crippen molar-refractivity contribution in [1.29, 1.82) is 0 Å². The topological polar surface area (TPSA) is 136 Å². The first-order valence-electron chi connectivity index (χ1n) is 13.3. The van der Waals surface area contributed by atoms with Crippen LogP contribution in [-0.4, -0.2) is 59.8 Å². The third kappa shape index (κ3) is 5.39. The number of nitrogens with one attached hydrogen (secondary N) is 2. The first-order valence-corrected chi connectivity index (χ1v) is 15.2. The molecule has 0 bridgehead atoms. The number of sulfone groups is 1. The Balaban J connectivity index is 1.16. The molecule has 10 nitrogen and oxygen atoms in total. The number of amides is 1. The smallest absolute Gasteiger partial charge is 0.253 e. The SMILES string of the molecule is CS(=O)(=O)c1cncc(C(=O)NCc2cc3nc(-c4cccc(NC5CCC56CCOCC6)n4)ccc3cn2)c1. The molecule has 1 unspecified atom stereocenters. The second kappa shape index (κ2) is 10.5. The maximum Gasteiger partial charge on any atom is 0.253 e. The lowest BCUT2D eigenvalue weighted by atomic mass is 9.60. The van der Waals surface area contributed by atoms with Crippen LogP contribution < -0.4 is 10.6 Å². The summed E-state index contributed by atoms with van der Waals surface area (Å²) in [5.41, 5.74) is 3.36. The van der Waals surface area contributed by atoms with E-state index in [-0.39, 0.29) is 17.0 Å². The van der Waals surface area contributed by atoms with Crippen LogP contribution in [0.4, 0.5) is 5.82 Å². The Hall–Kier alpha value is -3.96. The zero-order chi connectivity index (χ0) is 27.7. The molecule has 6 rings (SSSR count). The van der Waals surface area contributed by atoms with E-state index >= 15 is 0 Å². The minimum absolute atomic E-state index is 0.00984. The predicted molar refractivity (Wildman–Crippen MR) is 150 cm³/mol. The summed E-state index contributed by atoms with van der Waals surface area (Å²) in [7, 11) is -3.47. The molecule has 2 fully saturated rings. The van der Waals surface area contributed by atoms with Gasteiger partial charge in [-0.1, -0.05) is 6.07 Å². The number of carbonyl (C=O) groups is 1. The van der Waals surface area contributed by atoms with Gasteiger partial charge in [0.15, 0.2) is 9.84 Å². The van der Waals surface area contributed by atoms with Crippen LogP contribution in [0.1, 0.15) is 41.7 Å². The van der Waals surface area contributed by atoms with Crippen molar-refractivity contribution in [3.05, 3.63) is 72.3 Å². The lowest BCUT2D eigenvalue weighted by Gasteiger charge is -2.52. The molecule has 40 heavy (non-hydrogen) atoms. The van der Waals surface area contributed by atoms with Gasteiger partial charge in [-0.15, -0.1) is 0 Å². The predicted octanol–water partition coefficient (Wildman–Crippen LogP) is 3.79. The highest BCUT2D eigenvalue weighted by Gasteiger charge is 2.47. The van der Waals surface area contributed by atoms with Gasteiger partial charge in [-0.05, 0) is 67.5 Å². The molecular formula is C29H30N6O4S. The van der Waals surface area contributed by atoms with Gasteiger partial charge >= 0.3 is 0 Å². The fourth-order valence-corrected chi connectivity index (χ4v) is 6.04. The standard InChI is InChI=1S/C29H30N6O4S/c1-40(37,38)22-13-20(15-30-18-22)28(36)32-17-21-14-25-19(16-31-21)5-6-24(33-25)23-3-2-4-27(34-23)35-26-7-8-29(26)9-11-39-12-10-29/h2-6,13-16,18,26H,7-12,17H2,1H3,(H,32,36)(H,34,35). The van der Waals surface area contributed by atoms with Gasteiger partial charge in [0.25, 0.3) is 5.91 Å². The summed E-state index contributed by atoms with van der Waals surface area (Å²) in [5, 5.41) is 7.31. The van der Waals surface area contributed by atoms with Crippen LogP contribution in [0.2, 0.25) is 0 Å². The summed E-state index contributed by atoms with van der Waals surface area (Å²) < 4.78 is 29.2. The zero-order valence-corrected chi connectivity index (χ0v) is 22.9. The van der Waals surface area contributed by atoms with Crippen LogP contribution in [-0.2, 0) is 21.1 Å². The van der Waals surface area contributed by atoms with E-state index in [1.54, 1.807) is 6.20 Å². The molecule has 206 valence electrons. The maximum absolute atomic E-state index is 12.6. The van der Waals surface area contributed by atoms with E-state index in [9.17, 15) is 13.2 Å². The van der Waals surface area contributed by atoms with Crippen molar-refractivity contribution in [1.82, 2.24) is 25.3 Å². The molecule has 1 saturated carbocycles. The largest absolute Gasteiger partial charge is 0.381 e. The van der Waals surface area contributed by atoms with Crippen LogP contribution in [0.3, 0.4) is 0 Å². The first-order chi connectivity index (χ1) is 19.3. The second-order valence-electron chi connectivity index (χ2n) is 10.5. The molecule has 1 spiro atoms. The molecule has 5 heterocycles. The van der Waals surface area contributed by atoms with E-state index in [4.69, 9.17) is 14.7 Å². The van der Waals surface area contributed by atoms with E-state index in [0.717, 1.165) is 66.8 Å². The van der Waals surface area contributed by atoms with Gasteiger partial charge in [0.2, 0.25) is 0 Å². The molecule has 2 aliphatic rings. The molecule has 1 atom stereocenters. The fraction of sp³-hybridized carbons (Fsp3) is 0.345. The van der Waals surface area contributed by atoms with E-state index < -0.39 is 15.7 Å². The van der Waals surface area contributed by atoms with Gasteiger partial charge < -0.3 is 15.4 Å². The minimum Gasteiger partial charge on any atom is -0.381 e. The summed E-state index contributed by atoms with van der Waals surface area (Å²) in [5.74, 6) is 0.409. The summed E-state index contributed by atoms with van der Waals surface area (Å²) in [6, 6.07) is 13.4. The molecule has 1 aliphatic carbocycles. The molecule has 4 aromatic rings. The number of nitrogens with zero attached hydrogens (tertiary/aromatic N) is 4. The van der Waals surface area contributed by atoms with E-state index in [0.29, 0.717) is 17.2 Å². The summed E-state index contributed by atoms with van der Waals surface area (Å²) in [4.78, 5) is 30.6.